The lowest BCUT2D eigenvalue weighted by molar-refractivity contribution is 0.474. The van der Waals surface area contributed by atoms with E-state index in [2.05, 4.69) is 162 Å². The van der Waals surface area contributed by atoms with Gasteiger partial charge in [0.1, 0.15) is 5.75 Å². The molecule has 0 saturated carbocycles. The Morgan fingerprint density at radius 3 is 1.86 bits per heavy atom. The Morgan fingerprint density at radius 2 is 1.22 bits per heavy atom. The summed E-state index contributed by atoms with van der Waals surface area (Å²) >= 11 is 0. The Labute approximate surface area is 292 Å². The molecule has 0 atom stereocenters. The third kappa shape index (κ3) is 7.12. The highest BCUT2D eigenvalue weighted by Gasteiger charge is 2.31. The molecule has 242 valence electrons. The van der Waals surface area contributed by atoms with Crippen LogP contribution in [0.25, 0.3) is 27.8 Å². The van der Waals surface area contributed by atoms with Crippen LogP contribution in [0.2, 0.25) is 0 Å². The fraction of sp³-hybridized carbons (Fsp3) is 0.125. The molecule has 0 bridgehead atoms. The molecule has 1 heteroatoms. The Kier molecular flexibility index (Phi) is 9.92. The van der Waals surface area contributed by atoms with Crippen LogP contribution in [0.4, 0.5) is 0 Å². The first-order valence-electron chi connectivity index (χ1n) is 17.0. The SMILES string of the molecule is C=C(/C=C\C=C(/C)Cc1cc(C)c(-c2ccccc2C)c(-c2ccc(C(C)(c3ccccc3)c3ccccc3)cc2)c1)c1ccccc1O. The number of rotatable bonds is 10. The molecule has 6 aromatic rings. The van der Waals surface area contributed by atoms with Gasteiger partial charge in [-0.3, -0.25) is 0 Å². The molecule has 0 heterocycles. The molecule has 0 fully saturated rings. The lowest BCUT2D eigenvalue weighted by atomic mass is 9.71. The fourth-order valence-electron chi connectivity index (χ4n) is 6.97. The molecule has 0 aliphatic heterocycles. The number of hydrogen-bond donors (Lipinski definition) is 1. The Bertz CT molecular complexity index is 2090. The summed E-state index contributed by atoms with van der Waals surface area (Å²) in [4.78, 5) is 0. The number of aromatic hydroxyl groups is 1. The second-order valence-electron chi connectivity index (χ2n) is 13.2. The summed E-state index contributed by atoms with van der Waals surface area (Å²) in [5.74, 6) is 0.243. The lowest BCUT2D eigenvalue weighted by Gasteiger charge is -2.32. The molecule has 1 nitrogen and oxygen atoms in total. The van der Waals surface area contributed by atoms with E-state index in [1.165, 1.54) is 61.2 Å². The average Bonchev–Trinajstić information content (AvgIpc) is 3.12. The first-order valence-corrected chi connectivity index (χ1v) is 17.0. The first kappa shape index (κ1) is 33.2. The summed E-state index contributed by atoms with van der Waals surface area (Å²) in [6.45, 7) is 13.1. The van der Waals surface area contributed by atoms with Crippen molar-refractivity contribution in [2.45, 2.75) is 39.5 Å². The molecule has 0 spiro atoms. The number of benzene rings is 6. The van der Waals surface area contributed by atoms with E-state index in [9.17, 15) is 5.11 Å². The van der Waals surface area contributed by atoms with Crippen LogP contribution in [-0.2, 0) is 11.8 Å². The van der Waals surface area contributed by atoms with Gasteiger partial charge in [0.15, 0.2) is 0 Å². The number of aryl methyl sites for hydroxylation is 2. The van der Waals surface area contributed by atoms with Crippen molar-refractivity contribution in [2.75, 3.05) is 0 Å². The summed E-state index contributed by atoms with van der Waals surface area (Å²) < 4.78 is 0. The minimum Gasteiger partial charge on any atom is -0.507 e. The van der Waals surface area contributed by atoms with Crippen LogP contribution in [0, 0.1) is 13.8 Å². The average molecular weight is 637 g/mol. The topological polar surface area (TPSA) is 20.2 Å². The van der Waals surface area contributed by atoms with Gasteiger partial charge >= 0.3 is 0 Å². The number of allylic oxidation sites excluding steroid dienone is 5. The van der Waals surface area contributed by atoms with Crippen molar-refractivity contribution in [1.29, 1.82) is 0 Å². The van der Waals surface area contributed by atoms with Gasteiger partial charge in [-0.2, -0.15) is 0 Å². The zero-order valence-electron chi connectivity index (χ0n) is 28.9. The van der Waals surface area contributed by atoms with E-state index in [4.69, 9.17) is 0 Å². The maximum atomic E-state index is 10.2. The Hall–Kier alpha value is -5.66. The molecular formula is C48H44O. The van der Waals surface area contributed by atoms with Crippen molar-refractivity contribution in [2.24, 2.45) is 0 Å². The van der Waals surface area contributed by atoms with E-state index in [1.54, 1.807) is 6.07 Å². The van der Waals surface area contributed by atoms with Crippen molar-refractivity contribution in [3.05, 3.63) is 215 Å². The maximum Gasteiger partial charge on any atom is 0.123 e. The Balaban J connectivity index is 1.38. The van der Waals surface area contributed by atoms with Gasteiger partial charge in [0, 0.05) is 11.0 Å². The molecule has 0 saturated heterocycles. The van der Waals surface area contributed by atoms with Crippen molar-refractivity contribution < 1.29 is 5.11 Å². The minimum atomic E-state index is -0.294. The third-order valence-electron chi connectivity index (χ3n) is 9.70. The van der Waals surface area contributed by atoms with Crippen LogP contribution in [-0.4, -0.2) is 5.11 Å². The van der Waals surface area contributed by atoms with Gasteiger partial charge in [-0.15, -0.1) is 0 Å². The molecule has 0 aliphatic rings. The summed E-state index contributed by atoms with van der Waals surface area (Å²) in [5, 5.41) is 10.2. The zero-order valence-corrected chi connectivity index (χ0v) is 28.9. The largest absolute Gasteiger partial charge is 0.507 e. The van der Waals surface area contributed by atoms with Gasteiger partial charge in [-0.1, -0.05) is 170 Å². The zero-order chi connectivity index (χ0) is 34.4. The van der Waals surface area contributed by atoms with E-state index in [-0.39, 0.29) is 11.2 Å². The van der Waals surface area contributed by atoms with Crippen LogP contribution < -0.4 is 0 Å². The third-order valence-corrected chi connectivity index (χ3v) is 9.70. The highest BCUT2D eigenvalue weighted by atomic mass is 16.3. The molecular weight excluding hydrogens is 593 g/mol. The molecule has 1 N–H and O–H groups in total. The molecule has 6 aromatic carbocycles. The van der Waals surface area contributed by atoms with E-state index in [1.807, 2.05) is 30.4 Å². The highest BCUT2D eigenvalue weighted by Crippen LogP contribution is 2.42. The second kappa shape index (κ2) is 14.6. The normalized spacial score (nSPS) is 12.0. The van der Waals surface area contributed by atoms with Gasteiger partial charge in [0.2, 0.25) is 0 Å². The minimum absolute atomic E-state index is 0.243. The predicted molar refractivity (Wildman–Crippen MR) is 209 cm³/mol. The van der Waals surface area contributed by atoms with Crippen LogP contribution in [0.3, 0.4) is 0 Å². The molecule has 0 amide bonds. The van der Waals surface area contributed by atoms with Crippen LogP contribution in [0.5, 0.6) is 5.75 Å². The van der Waals surface area contributed by atoms with Gasteiger partial charge in [0.05, 0.1) is 0 Å². The molecule has 6 rings (SSSR count). The number of phenols is 1. The van der Waals surface area contributed by atoms with Gasteiger partial charge in [0.25, 0.3) is 0 Å². The van der Waals surface area contributed by atoms with E-state index >= 15 is 0 Å². The smallest absolute Gasteiger partial charge is 0.123 e. The monoisotopic (exact) mass is 636 g/mol. The summed E-state index contributed by atoms with van der Waals surface area (Å²) in [5.41, 5.74) is 15.1. The van der Waals surface area contributed by atoms with Crippen molar-refractivity contribution in [3.8, 4) is 28.0 Å². The lowest BCUT2D eigenvalue weighted by Crippen LogP contribution is -2.25. The van der Waals surface area contributed by atoms with E-state index < -0.39 is 0 Å². The number of hydrogen-bond acceptors (Lipinski definition) is 1. The van der Waals surface area contributed by atoms with Crippen molar-refractivity contribution in [3.63, 3.8) is 0 Å². The van der Waals surface area contributed by atoms with Gasteiger partial charge < -0.3 is 5.11 Å². The number of para-hydroxylation sites is 1. The highest BCUT2D eigenvalue weighted by molar-refractivity contribution is 5.87. The molecule has 0 unspecified atom stereocenters. The van der Waals surface area contributed by atoms with E-state index in [0.29, 0.717) is 0 Å². The predicted octanol–water partition coefficient (Wildman–Crippen LogP) is 12.5. The molecule has 0 aromatic heterocycles. The van der Waals surface area contributed by atoms with E-state index in [0.717, 1.165) is 17.6 Å². The number of phenolic OH excluding ortho intramolecular Hbond substituents is 1. The van der Waals surface area contributed by atoms with Crippen LogP contribution in [0.15, 0.2) is 176 Å². The Morgan fingerprint density at radius 1 is 0.653 bits per heavy atom. The maximum absolute atomic E-state index is 10.2. The summed E-state index contributed by atoms with van der Waals surface area (Å²) in [6, 6.07) is 51.5. The van der Waals surface area contributed by atoms with Crippen LogP contribution in [0.1, 0.15) is 52.8 Å². The van der Waals surface area contributed by atoms with Crippen molar-refractivity contribution >= 4 is 5.57 Å². The quantitative estimate of drug-likeness (QED) is 0.117. The molecule has 0 aliphatic carbocycles. The van der Waals surface area contributed by atoms with Gasteiger partial charge in [-0.25, -0.2) is 0 Å². The summed E-state index contributed by atoms with van der Waals surface area (Å²) in [7, 11) is 0. The molecule has 0 radical (unpaired) electrons. The molecule has 49 heavy (non-hydrogen) atoms. The van der Waals surface area contributed by atoms with Crippen LogP contribution >= 0.6 is 0 Å². The van der Waals surface area contributed by atoms with Gasteiger partial charge in [-0.05, 0) is 101 Å². The first-order chi connectivity index (χ1) is 23.8. The standard InChI is InChI=1S/C48H44O/c1-34(17-16-19-35(2)43-24-14-15-26-46(43)49)31-38-32-37(4)47(44-25-13-12-18-36(44)3)45(33-38)39-27-29-42(30-28-39)48(5,40-20-8-6-9-21-40)41-22-10-7-11-23-41/h6-30,32-33,49H,2,31H2,1,3-5H3/b19-16-,34-17+. The summed E-state index contributed by atoms with van der Waals surface area (Å²) in [6.07, 6.45) is 6.94. The second-order valence-corrected chi connectivity index (χ2v) is 13.2. The van der Waals surface area contributed by atoms with Crippen molar-refractivity contribution in [1.82, 2.24) is 0 Å². The fourth-order valence-corrected chi connectivity index (χ4v) is 6.97.